The highest BCUT2D eigenvalue weighted by Crippen LogP contribution is 2.29. The van der Waals surface area contributed by atoms with Crippen molar-refractivity contribution >= 4 is 22.2 Å². The second kappa shape index (κ2) is 3.20. The van der Waals surface area contributed by atoms with Gasteiger partial charge in [0.2, 0.25) is 5.13 Å². The number of nitrogens with zero attached hydrogens (tertiary/aromatic N) is 3. The van der Waals surface area contributed by atoms with Crippen molar-refractivity contribution in [2.45, 2.75) is 13.1 Å². The lowest BCUT2D eigenvalue weighted by atomic mass is 10.1. The molecule has 2 heterocycles. The first-order valence-electron chi connectivity index (χ1n) is 4.71. The van der Waals surface area contributed by atoms with Crippen LogP contribution < -0.4 is 10.6 Å². The Morgan fingerprint density at radius 2 is 2.13 bits per heavy atom. The molecule has 15 heavy (non-hydrogen) atoms. The Morgan fingerprint density at radius 3 is 2.93 bits per heavy atom. The summed E-state index contributed by atoms with van der Waals surface area (Å²) in [7, 11) is 0. The van der Waals surface area contributed by atoms with Crippen molar-refractivity contribution in [3.63, 3.8) is 0 Å². The van der Waals surface area contributed by atoms with Crippen molar-refractivity contribution in [2.75, 3.05) is 10.6 Å². The number of benzene rings is 1. The van der Waals surface area contributed by atoms with Crippen molar-refractivity contribution in [3.8, 4) is 0 Å². The third-order valence-electron chi connectivity index (χ3n) is 2.57. The van der Waals surface area contributed by atoms with E-state index in [4.69, 9.17) is 5.73 Å². The molecule has 76 valence electrons. The number of rotatable bonds is 1. The van der Waals surface area contributed by atoms with Gasteiger partial charge in [0.25, 0.3) is 0 Å². The van der Waals surface area contributed by atoms with Crippen LogP contribution >= 0.6 is 11.3 Å². The standard InChI is InChI=1S/C10H10N4S/c11-9-2-1-7-4-14(5-8(7)3-9)10-13-12-6-15-10/h1-3,6H,4-5,11H2. The molecule has 0 aliphatic carbocycles. The van der Waals surface area contributed by atoms with Crippen molar-refractivity contribution < 1.29 is 0 Å². The Balaban J connectivity index is 1.92. The monoisotopic (exact) mass is 218 g/mol. The molecule has 1 aromatic carbocycles. The molecule has 1 aliphatic heterocycles. The van der Waals surface area contributed by atoms with Crippen LogP contribution in [0.25, 0.3) is 0 Å². The maximum atomic E-state index is 5.75. The van der Waals surface area contributed by atoms with Gasteiger partial charge in [-0.2, -0.15) is 0 Å². The topological polar surface area (TPSA) is 55.0 Å². The summed E-state index contributed by atoms with van der Waals surface area (Å²) in [5, 5.41) is 8.89. The predicted octanol–water partition coefficient (Wildman–Crippen LogP) is 1.64. The Morgan fingerprint density at radius 1 is 1.27 bits per heavy atom. The fraction of sp³-hybridized carbons (Fsp3) is 0.200. The molecule has 5 heteroatoms. The molecule has 0 atom stereocenters. The van der Waals surface area contributed by atoms with Gasteiger partial charge in [0.1, 0.15) is 5.51 Å². The zero-order chi connectivity index (χ0) is 10.3. The highest BCUT2D eigenvalue weighted by molar-refractivity contribution is 7.13. The predicted molar refractivity (Wildman–Crippen MR) is 60.7 cm³/mol. The maximum absolute atomic E-state index is 5.75. The first kappa shape index (κ1) is 8.67. The molecule has 1 aromatic heterocycles. The van der Waals surface area contributed by atoms with Gasteiger partial charge in [0.05, 0.1) is 0 Å². The molecular weight excluding hydrogens is 208 g/mol. The van der Waals surface area contributed by atoms with E-state index >= 15 is 0 Å². The van der Waals surface area contributed by atoms with Crippen LogP contribution in [0.2, 0.25) is 0 Å². The smallest absolute Gasteiger partial charge is 0.208 e. The molecule has 0 unspecified atom stereocenters. The average molecular weight is 218 g/mol. The summed E-state index contributed by atoms with van der Waals surface area (Å²) in [6.07, 6.45) is 0. The van der Waals surface area contributed by atoms with E-state index in [9.17, 15) is 0 Å². The summed E-state index contributed by atoms with van der Waals surface area (Å²) in [4.78, 5) is 2.21. The van der Waals surface area contributed by atoms with Gasteiger partial charge in [-0.05, 0) is 23.3 Å². The van der Waals surface area contributed by atoms with Crippen LogP contribution in [0.4, 0.5) is 10.8 Å². The van der Waals surface area contributed by atoms with E-state index in [0.717, 1.165) is 23.9 Å². The summed E-state index contributed by atoms with van der Waals surface area (Å²) >= 11 is 1.57. The molecule has 0 saturated heterocycles. The van der Waals surface area contributed by atoms with Crippen molar-refractivity contribution in [3.05, 3.63) is 34.8 Å². The van der Waals surface area contributed by atoms with E-state index in [1.165, 1.54) is 11.1 Å². The van der Waals surface area contributed by atoms with Crippen LogP contribution in [-0.4, -0.2) is 10.2 Å². The second-order valence-corrected chi connectivity index (χ2v) is 4.42. The first-order valence-corrected chi connectivity index (χ1v) is 5.59. The molecule has 3 rings (SSSR count). The van der Waals surface area contributed by atoms with Gasteiger partial charge in [0.15, 0.2) is 0 Å². The fourth-order valence-electron chi connectivity index (χ4n) is 1.85. The summed E-state index contributed by atoms with van der Waals surface area (Å²) in [5.74, 6) is 0. The lowest BCUT2D eigenvalue weighted by molar-refractivity contribution is 0.856. The molecule has 0 spiro atoms. The van der Waals surface area contributed by atoms with Crippen LogP contribution in [0.3, 0.4) is 0 Å². The quantitative estimate of drug-likeness (QED) is 0.739. The minimum atomic E-state index is 0.827. The van der Waals surface area contributed by atoms with Crippen LogP contribution in [0.5, 0.6) is 0 Å². The van der Waals surface area contributed by atoms with Crippen molar-refractivity contribution in [1.29, 1.82) is 0 Å². The molecule has 0 amide bonds. The lowest BCUT2D eigenvalue weighted by Gasteiger charge is -2.11. The maximum Gasteiger partial charge on any atom is 0.208 e. The minimum absolute atomic E-state index is 0.827. The summed E-state index contributed by atoms with van der Waals surface area (Å²) < 4.78 is 0. The van der Waals surface area contributed by atoms with Gasteiger partial charge >= 0.3 is 0 Å². The van der Waals surface area contributed by atoms with Crippen LogP contribution in [0.1, 0.15) is 11.1 Å². The van der Waals surface area contributed by atoms with Gasteiger partial charge in [-0.25, -0.2) is 0 Å². The molecule has 0 saturated carbocycles. The molecule has 2 N–H and O–H groups in total. The molecule has 2 aromatic rings. The van der Waals surface area contributed by atoms with E-state index in [2.05, 4.69) is 21.2 Å². The van der Waals surface area contributed by atoms with E-state index in [1.54, 1.807) is 16.8 Å². The van der Waals surface area contributed by atoms with Crippen LogP contribution in [0, 0.1) is 0 Å². The number of hydrogen-bond acceptors (Lipinski definition) is 5. The molecule has 1 aliphatic rings. The van der Waals surface area contributed by atoms with Crippen LogP contribution in [0.15, 0.2) is 23.7 Å². The van der Waals surface area contributed by atoms with Gasteiger partial charge in [-0.15, -0.1) is 10.2 Å². The van der Waals surface area contributed by atoms with Crippen LogP contribution in [-0.2, 0) is 13.1 Å². The Hall–Kier alpha value is -1.62. The number of hydrogen-bond donors (Lipinski definition) is 1. The third kappa shape index (κ3) is 1.45. The number of anilines is 2. The van der Waals surface area contributed by atoms with Crippen molar-refractivity contribution in [1.82, 2.24) is 10.2 Å². The van der Waals surface area contributed by atoms with Gasteiger partial charge in [-0.3, -0.25) is 0 Å². The summed E-state index contributed by atoms with van der Waals surface area (Å²) in [6.45, 7) is 1.79. The lowest BCUT2D eigenvalue weighted by Crippen LogP contribution is -2.13. The number of aromatic nitrogens is 2. The number of nitrogen functional groups attached to an aromatic ring is 1. The highest BCUT2D eigenvalue weighted by Gasteiger charge is 2.20. The van der Waals surface area contributed by atoms with Crippen molar-refractivity contribution in [2.24, 2.45) is 0 Å². The number of nitrogens with two attached hydrogens (primary N) is 1. The number of fused-ring (bicyclic) bond motifs is 1. The largest absolute Gasteiger partial charge is 0.399 e. The van der Waals surface area contributed by atoms with Gasteiger partial charge < -0.3 is 10.6 Å². The zero-order valence-corrected chi connectivity index (χ0v) is 8.87. The van der Waals surface area contributed by atoms with E-state index < -0.39 is 0 Å². The Labute approximate surface area is 91.4 Å². The first-order chi connectivity index (χ1) is 7.33. The van der Waals surface area contributed by atoms with E-state index in [1.807, 2.05) is 12.1 Å². The second-order valence-electron chi connectivity index (χ2n) is 3.61. The summed E-state index contributed by atoms with van der Waals surface area (Å²) in [6, 6.07) is 6.07. The van der Waals surface area contributed by atoms with E-state index in [-0.39, 0.29) is 0 Å². The van der Waals surface area contributed by atoms with E-state index in [0.29, 0.717) is 0 Å². The summed E-state index contributed by atoms with van der Waals surface area (Å²) in [5.41, 5.74) is 11.0. The van der Waals surface area contributed by atoms with Gasteiger partial charge in [0, 0.05) is 18.8 Å². The SMILES string of the molecule is Nc1ccc2c(c1)CN(c1nncs1)C2. The average Bonchev–Trinajstić information content (AvgIpc) is 2.84. The zero-order valence-electron chi connectivity index (χ0n) is 8.05. The normalized spacial score (nSPS) is 14.3. The Kier molecular flexibility index (Phi) is 1.85. The molecule has 0 fully saturated rings. The molecular formula is C10H10N4S. The minimum Gasteiger partial charge on any atom is -0.399 e. The Bertz CT molecular complexity index is 480. The third-order valence-corrected chi connectivity index (χ3v) is 3.32. The van der Waals surface area contributed by atoms with Gasteiger partial charge in [-0.1, -0.05) is 17.4 Å². The fourth-order valence-corrected chi connectivity index (χ4v) is 2.42. The molecule has 0 bridgehead atoms. The highest BCUT2D eigenvalue weighted by atomic mass is 32.1. The molecule has 4 nitrogen and oxygen atoms in total. The molecule has 0 radical (unpaired) electrons.